The van der Waals surface area contributed by atoms with Crippen molar-refractivity contribution in [2.45, 2.75) is 206 Å². The lowest BCUT2D eigenvalue weighted by atomic mass is 10.0. The summed E-state index contributed by atoms with van der Waals surface area (Å²) >= 11 is 0. The molecule has 0 aliphatic rings. The van der Waals surface area contributed by atoms with Gasteiger partial charge in [-0.3, -0.25) is 14.4 Å². The van der Waals surface area contributed by atoms with Gasteiger partial charge in [-0.25, -0.2) is 0 Å². The van der Waals surface area contributed by atoms with Crippen molar-refractivity contribution in [3.8, 4) is 0 Å². The van der Waals surface area contributed by atoms with Gasteiger partial charge in [-0.2, -0.15) is 0 Å². The van der Waals surface area contributed by atoms with Gasteiger partial charge in [0.2, 0.25) is 5.91 Å². The first kappa shape index (κ1) is 40.4. The van der Waals surface area contributed by atoms with Crippen LogP contribution >= 0.6 is 0 Å². The first-order chi connectivity index (χ1) is 20.5. The van der Waals surface area contributed by atoms with E-state index in [1.165, 1.54) is 109 Å². The Hall–Kier alpha value is -1.59. The number of nitrogens with one attached hydrogen (secondary N) is 1. The molecule has 0 spiro atoms. The van der Waals surface area contributed by atoms with E-state index in [-0.39, 0.29) is 24.5 Å². The lowest BCUT2D eigenvalue weighted by molar-refractivity contribution is -0.150. The van der Waals surface area contributed by atoms with E-state index in [0.29, 0.717) is 12.8 Å². The summed E-state index contributed by atoms with van der Waals surface area (Å²) in [6.45, 7) is 4.21. The number of esters is 1. The molecule has 0 saturated carbocycles. The minimum atomic E-state index is -1.01. The Morgan fingerprint density at radius 2 is 0.881 bits per heavy atom. The number of unbranched alkanes of at least 4 members (excludes halogenated alkanes) is 22. The van der Waals surface area contributed by atoms with Gasteiger partial charge in [0.25, 0.3) is 0 Å². The summed E-state index contributed by atoms with van der Waals surface area (Å²) in [6.07, 6.45) is 33.6. The highest BCUT2D eigenvalue weighted by atomic mass is 16.5. The van der Waals surface area contributed by atoms with Gasteiger partial charge in [0.1, 0.15) is 12.6 Å². The molecule has 0 aromatic heterocycles. The van der Waals surface area contributed by atoms with Crippen LogP contribution in [0.25, 0.3) is 0 Å². The van der Waals surface area contributed by atoms with E-state index >= 15 is 0 Å². The third-order valence-corrected chi connectivity index (χ3v) is 8.28. The third-order valence-electron chi connectivity index (χ3n) is 8.28. The van der Waals surface area contributed by atoms with Crippen molar-refractivity contribution in [2.24, 2.45) is 0 Å². The van der Waals surface area contributed by atoms with Gasteiger partial charge in [0.15, 0.2) is 0 Å². The number of ether oxygens (including phenoxy) is 1. The zero-order chi connectivity index (χ0) is 30.9. The minimum Gasteiger partial charge on any atom is -0.480 e. The average molecular weight is 596 g/mol. The van der Waals surface area contributed by atoms with Crippen LogP contribution in [0.4, 0.5) is 0 Å². The molecule has 248 valence electrons. The molecule has 0 aliphatic heterocycles. The van der Waals surface area contributed by atoms with Crippen LogP contribution in [0.15, 0.2) is 0 Å². The van der Waals surface area contributed by atoms with Crippen molar-refractivity contribution in [3.63, 3.8) is 0 Å². The van der Waals surface area contributed by atoms with Crippen LogP contribution in [-0.4, -0.2) is 35.6 Å². The molecule has 0 heterocycles. The number of carbonyl (C=O) groups is 3. The van der Waals surface area contributed by atoms with Crippen LogP contribution in [0.3, 0.4) is 0 Å². The summed E-state index contributed by atoms with van der Waals surface area (Å²) in [4.78, 5) is 34.8. The SMILES string of the molecule is CCCCCCCCCCCCC(=O)OC(CCCCCCCCCCCC)CCCCCCCC(=O)NCC(=O)O. The fraction of sp³-hybridized carbons (Fsp3) is 0.917. The second-order valence-corrected chi connectivity index (χ2v) is 12.5. The standard InChI is InChI=1S/C36H69NO5/c1-3-5-7-9-11-13-15-17-20-24-28-33(29-25-21-19-22-26-30-34(38)37-32-35(39)40)42-36(41)31-27-23-18-16-14-12-10-8-6-4-2/h33H,3-32H2,1-2H3,(H,37,38)(H,39,40). The molecule has 2 N–H and O–H groups in total. The minimum absolute atomic E-state index is 0.0148. The monoisotopic (exact) mass is 596 g/mol. The largest absolute Gasteiger partial charge is 0.480 e. The summed E-state index contributed by atoms with van der Waals surface area (Å²) < 4.78 is 5.98. The Balaban J connectivity index is 4.14. The van der Waals surface area contributed by atoms with Gasteiger partial charge >= 0.3 is 11.9 Å². The molecule has 42 heavy (non-hydrogen) atoms. The summed E-state index contributed by atoms with van der Waals surface area (Å²) in [5, 5.41) is 11.0. The quantitative estimate of drug-likeness (QED) is 0.0581. The predicted octanol–water partition coefficient (Wildman–Crippen LogP) is 10.5. The molecule has 6 heteroatoms. The highest BCUT2D eigenvalue weighted by Gasteiger charge is 2.14. The Kier molecular flexibility index (Phi) is 31.1. The molecule has 0 saturated heterocycles. The average Bonchev–Trinajstić information content (AvgIpc) is 2.97. The molecular weight excluding hydrogens is 526 g/mol. The van der Waals surface area contributed by atoms with Gasteiger partial charge in [0, 0.05) is 12.8 Å². The molecule has 0 fully saturated rings. The third kappa shape index (κ3) is 31.3. The molecule has 0 radical (unpaired) electrons. The van der Waals surface area contributed by atoms with E-state index in [1.807, 2.05) is 0 Å². The molecule has 1 atom stereocenters. The van der Waals surface area contributed by atoms with E-state index in [1.54, 1.807) is 0 Å². The Morgan fingerprint density at radius 1 is 0.524 bits per heavy atom. The molecule has 0 bridgehead atoms. The van der Waals surface area contributed by atoms with Crippen LogP contribution in [0.5, 0.6) is 0 Å². The van der Waals surface area contributed by atoms with Crippen molar-refractivity contribution in [1.29, 1.82) is 0 Å². The fourth-order valence-corrected chi connectivity index (χ4v) is 5.57. The van der Waals surface area contributed by atoms with Crippen LogP contribution < -0.4 is 5.32 Å². The van der Waals surface area contributed by atoms with Gasteiger partial charge < -0.3 is 15.2 Å². The van der Waals surface area contributed by atoms with E-state index < -0.39 is 5.97 Å². The molecule has 1 unspecified atom stereocenters. The number of hydrogen-bond donors (Lipinski definition) is 2. The molecular formula is C36H69NO5. The zero-order valence-corrected chi connectivity index (χ0v) is 27.9. The fourth-order valence-electron chi connectivity index (χ4n) is 5.57. The predicted molar refractivity (Wildman–Crippen MR) is 176 cm³/mol. The van der Waals surface area contributed by atoms with Crippen LogP contribution in [0.1, 0.15) is 200 Å². The van der Waals surface area contributed by atoms with Gasteiger partial charge in [-0.1, -0.05) is 149 Å². The van der Waals surface area contributed by atoms with Crippen LogP contribution in [0, 0.1) is 0 Å². The van der Waals surface area contributed by atoms with E-state index in [0.717, 1.165) is 64.2 Å². The van der Waals surface area contributed by atoms with Gasteiger partial charge in [0.05, 0.1) is 0 Å². The zero-order valence-electron chi connectivity index (χ0n) is 27.9. The number of carboxylic acids is 1. The Morgan fingerprint density at radius 3 is 1.29 bits per heavy atom. The summed E-state index contributed by atoms with van der Waals surface area (Å²) in [5.41, 5.74) is 0. The highest BCUT2D eigenvalue weighted by molar-refractivity contribution is 5.80. The number of carboxylic acid groups (broad SMARTS) is 1. The number of carbonyl (C=O) groups excluding carboxylic acids is 2. The maximum Gasteiger partial charge on any atom is 0.322 e. The van der Waals surface area contributed by atoms with Crippen molar-refractivity contribution < 1.29 is 24.2 Å². The highest BCUT2D eigenvalue weighted by Crippen LogP contribution is 2.19. The normalized spacial score (nSPS) is 11.9. The summed E-state index contributed by atoms with van der Waals surface area (Å²) in [7, 11) is 0. The smallest absolute Gasteiger partial charge is 0.322 e. The maximum atomic E-state index is 12.6. The van der Waals surface area contributed by atoms with E-state index in [2.05, 4.69) is 19.2 Å². The van der Waals surface area contributed by atoms with Crippen molar-refractivity contribution in [2.75, 3.05) is 6.54 Å². The maximum absolute atomic E-state index is 12.6. The van der Waals surface area contributed by atoms with Crippen LogP contribution in [0.2, 0.25) is 0 Å². The van der Waals surface area contributed by atoms with Crippen molar-refractivity contribution in [1.82, 2.24) is 5.32 Å². The van der Waals surface area contributed by atoms with Gasteiger partial charge in [-0.15, -0.1) is 0 Å². The molecule has 1 amide bonds. The van der Waals surface area contributed by atoms with E-state index in [4.69, 9.17) is 9.84 Å². The Bertz CT molecular complexity index is 624. The summed E-state index contributed by atoms with van der Waals surface area (Å²) in [6, 6.07) is 0. The number of hydrogen-bond acceptors (Lipinski definition) is 4. The second kappa shape index (κ2) is 32.3. The molecule has 6 nitrogen and oxygen atoms in total. The Labute approximate surface area is 259 Å². The number of amides is 1. The van der Waals surface area contributed by atoms with Crippen molar-refractivity contribution in [3.05, 3.63) is 0 Å². The number of rotatable bonds is 33. The van der Waals surface area contributed by atoms with Crippen LogP contribution in [-0.2, 0) is 19.1 Å². The molecule has 0 aromatic rings. The topological polar surface area (TPSA) is 92.7 Å². The number of aliphatic carboxylic acids is 1. The lowest BCUT2D eigenvalue weighted by Crippen LogP contribution is -2.28. The lowest BCUT2D eigenvalue weighted by Gasteiger charge is -2.18. The molecule has 0 rings (SSSR count). The second-order valence-electron chi connectivity index (χ2n) is 12.5. The molecule has 0 aliphatic carbocycles. The van der Waals surface area contributed by atoms with Gasteiger partial charge in [-0.05, 0) is 38.5 Å². The van der Waals surface area contributed by atoms with Crippen molar-refractivity contribution >= 4 is 17.8 Å². The first-order valence-electron chi connectivity index (χ1n) is 18.2. The summed E-state index contributed by atoms with van der Waals surface area (Å²) in [5.74, 6) is -1.22. The van der Waals surface area contributed by atoms with E-state index in [9.17, 15) is 14.4 Å². The first-order valence-corrected chi connectivity index (χ1v) is 18.2. The molecule has 0 aromatic carbocycles.